The third-order valence-corrected chi connectivity index (χ3v) is 4.31. The minimum absolute atomic E-state index is 0.0686. The summed E-state index contributed by atoms with van der Waals surface area (Å²) in [7, 11) is 0. The molecule has 1 aromatic carbocycles. The lowest BCUT2D eigenvalue weighted by Gasteiger charge is -2.21. The zero-order chi connectivity index (χ0) is 12.3. The summed E-state index contributed by atoms with van der Waals surface area (Å²) in [5.74, 6) is 0.895. The predicted octanol–water partition coefficient (Wildman–Crippen LogP) is 4.08. The smallest absolute Gasteiger partial charge is 0.140 e. The van der Waals surface area contributed by atoms with E-state index in [4.69, 9.17) is 0 Å². The van der Waals surface area contributed by atoms with E-state index >= 15 is 0 Å². The average Bonchev–Trinajstić information content (AvgIpc) is 2.78. The minimum Gasteiger partial charge on any atom is -0.317 e. The fourth-order valence-corrected chi connectivity index (χ4v) is 3.21. The average molecular weight is 300 g/mol. The summed E-state index contributed by atoms with van der Waals surface area (Å²) >= 11 is 3.28. The van der Waals surface area contributed by atoms with Gasteiger partial charge < -0.3 is 5.32 Å². The van der Waals surface area contributed by atoms with Crippen LogP contribution in [0.25, 0.3) is 0 Å². The van der Waals surface area contributed by atoms with Crippen molar-refractivity contribution in [1.29, 1.82) is 0 Å². The van der Waals surface area contributed by atoms with Gasteiger partial charge in [0.2, 0.25) is 0 Å². The van der Waals surface area contributed by atoms with Crippen LogP contribution in [0.5, 0.6) is 0 Å². The SMILES string of the molecule is CCNCC1CCCC1c1cccc(Br)c1F. The summed E-state index contributed by atoms with van der Waals surface area (Å²) in [5, 5.41) is 3.39. The second-order valence-corrected chi connectivity index (χ2v) is 5.60. The first-order valence-corrected chi connectivity index (χ1v) is 7.18. The third kappa shape index (κ3) is 2.89. The van der Waals surface area contributed by atoms with E-state index in [-0.39, 0.29) is 5.82 Å². The maximum absolute atomic E-state index is 14.1. The summed E-state index contributed by atoms with van der Waals surface area (Å²) in [6.07, 6.45) is 3.54. The molecule has 1 nitrogen and oxygen atoms in total. The van der Waals surface area contributed by atoms with Crippen LogP contribution in [0.2, 0.25) is 0 Å². The van der Waals surface area contributed by atoms with Crippen molar-refractivity contribution in [2.75, 3.05) is 13.1 Å². The number of hydrogen-bond donors (Lipinski definition) is 1. The summed E-state index contributed by atoms with van der Waals surface area (Å²) in [5.41, 5.74) is 0.889. The Bertz CT molecular complexity index is 380. The summed E-state index contributed by atoms with van der Waals surface area (Å²) < 4.78 is 14.7. The second kappa shape index (κ2) is 5.96. The van der Waals surface area contributed by atoms with Crippen molar-refractivity contribution in [3.05, 3.63) is 34.1 Å². The van der Waals surface area contributed by atoms with Crippen LogP contribution < -0.4 is 5.32 Å². The second-order valence-electron chi connectivity index (χ2n) is 4.75. The van der Waals surface area contributed by atoms with Crippen molar-refractivity contribution >= 4 is 15.9 Å². The number of rotatable bonds is 4. The van der Waals surface area contributed by atoms with Crippen LogP contribution in [0.3, 0.4) is 0 Å². The molecule has 0 aliphatic heterocycles. The molecule has 1 saturated carbocycles. The highest BCUT2D eigenvalue weighted by Crippen LogP contribution is 2.41. The van der Waals surface area contributed by atoms with Crippen LogP contribution in [0.15, 0.2) is 22.7 Å². The first-order chi connectivity index (χ1) is 8.24. The van der Waals surface area contributed by atoms with Crippen LogP contribution in [0.1, 0.15) is 37.7 Å². The summed E-state index contributed by atoms with van der Waals surface area (Å²) in [4.78, 5) is 0. The Morgan fingerprint density at radius 1 is 1.41 bits per heavy atom. The molecule has 17 heavy (non-hydrogen) atoms. The van der Waals surface area contributed by atoms with Gasteiger partial charge in [0.1, 0.15) is 5.82 Å². The quantitative estimate of drug-likeness (QED) is 0.883. The van der Waals surface area contributed by atoms with Crippen molar-refractivity contribution in [2.45, 2.75) is 32.1 Å². The fraction of sp³-hybridized carbons (Fsp3) is 0.571. The molecule has 0 radical (unpaired) electrons. The van der Waals surface area contributed by atoms with Gasteiger partial charge >= 0.3 is 0 Å². The molecule has 3 heteroatoms. The maximum Gasteiger partial charge on any atom is 0.140 e. The van der Waals surface area contributed by atoms with E-state index in [1.807, 2.05) is 12.1 Å². The topological polar surface area (TPSA) is 12.0 Å². The highest BCUT2D eigenvalue weighted by atomic mass is 79.9. The lowest BCUT2D eigenvalue weighted by molar-refractivity contribution is 0.436. The monoisotopic (exact) mass is 299 g/mol. The molecule has 0 spiro atoms. The molecule has 2 atom stereocenters. The van der Waals surface area contributed by atoms with E-state index in [9.17, 15) is 4.39 Å². The fourth-order valence-electron chi connectivity index (χ4n) is 2.83. The van der Waals surface area contributed by atoms with Gasteiger partial charge in [-0.05, 0) is 65.3 Å². The molecule has 1 aromatic rings. The number of hydrogen-bond acceptors (Lipinski definition) is 1. The standard InChI is InChI=1S/C14H19BrFN/c1-2-17-9-10-5-3-6-11(10)12-7-4-8-13(15)14(12)16/h4,7-8,10-11,17H,2-3,5-6,9H2,1H3. The Morgan fingerprint density at radius 3 is 3.00 bits per heavy atom. The highest BCUT2D eigenvalue weighted by molar-refractivity contribution is 9.10. The lowest BCUT2D eigenvalue weighted by atomic mass is 9.88. The van der Waals surface area contributed by atoms with Crippen LogP contribution in [0.4, 0.5) is 4.39 Å². The van der Waals surface area contributed by atoms with E-state index in [0.29, 0.717) is 16.3 Å². The first-order valence-electron chi connectivity index (χ1n) is 6.38. The molecule has 0 bridgehead atoms. The van der Waals surface area contributed by atoms with Gasteiger partial charge in [-0.1, -0.05) is 25.5 Å². The molecule has 2 rings (SSSR count). The van der Waals surface area contributed by atoms with Gasteiger partial charge in [-0.2, -0.15) is 0 Å². The van der Waals surface area contributed by atoms with Crippen molar-refractivity contribution in [3.63, 3.8) is 0 Å². The van der Waals surface area contributed by atoms with Gasteiger partial charge in [-0.3, -0.25) is 0 Å². The van der Waals surface area contributed by atoms with Gasteiger partial charge in [-0.15, -0.1) is 0 Å². The first kappa shape index (κ1) is 13.0. The van der Waals surface area contributed by atoms with Gasteiger partial charge in [0.05, 0.1) is 4.47 Å². The molecule has 94 valence electrons. The molecule has 1 aliphatic carbocycles. The van der Waals surface area contributed by atoms with Gasteiger partial charge in [0, 0.05) is 0 Å². The van der Waals surface area contributed by atoms with Crippen molar-refractivity contribution in [3.8, 4) is 0 Å². The largest absolute Gasteiger partial charge is 0.317 e. The van der Waals surface area contributed by atoms with Crippen LogP contribution in [0, 0.1) is 11.7 Å². The molecule has 0 heterocycles. The molecule has 0 aromatic heterocycles. The third-order valence-electron chi connectivity index (χ3n) is 3.70. The lowest BCUT2D eigenvalue weighted by Crippen LogP contribution is -2.24. The Morgan fingerprint density at radius 2 is 2.24 bits per heavy atom. The van der Waals surface area contributed by atoms with Crippen LogP contribution in [-0.2, 0) is 0 Å². The Balaban J connectivity index is 2.17. The molecule has 2 unspecified atom stereocenters. The van der Waals surface area contributed by atoms with Crippen LogP contribution in [-0.4, -0.2) is 13.1 Å². The normalized spacial score (nSPS) is 24.2. The minimum atomic E-state index is -0.0686. The number of nitrogens with one attached hydrogen (secondary N) is 1. The summed E-state index contributed by atoms with van der Waals surface area (Å²) in [6.45, 7) is 4.11. The van der Waals surface area contributed by atoms with Gasteiger partial charge in [-0.25, -0.2) is 4.39 Å². The molecule has 0 saturated heterocycles. The Labute approximate surface area is 111 Å². The van der Waals surface area contributed by atoms with E-state index < -0.39 is 0 Å². The number of benzene rings is 1. The predicted molar refractivity (Wildman–Crippen MR) is 72.7 cm³/mol. The van der Waals surface area contributed by atoms with E-state index in [1.54, 1.807) is 6.07 Å². The van der Waals surface area contributed by atoms with E-state index in [0.717, 1.165) is 25.1 Å². The van der Waals surface area contributed by atoms with E-state index in [2.05, 4.69) is 28.2 Å². The molecular formula is C14H19BrFN. The maximum atomic E-state index is 14.1. The Kier molecular flexibility index (Phi) is 4.57. The molecule has 0 amide bonds. The van der Waals surface area contributed by atoms with Gasteiger partial charge in [0.15, 0.2) is 0 Å². The van der Waals surface area contributed by atoms with E-state index in [1.165, 1.54) is 12.8 Å². The summed E-state index contributed by atoms with van der Waals surface area (Å²) in [6, 6.07) is 5.65. The zero-order valence-electron chi connectivity index (χ0n) is 10.2. The van der Waals surface area contributed by atoms with Crippen molar-refractivity contribution < 1.29 is 4.39 Å². The highest BCUT2D eigenvalue weighted by Gasteiger charge is 2.30. The van der Waals surface area contributed by atoms with Gasteiger partial charge in [0.25, 0.3) is 0 Å². The van der Waals surface area contributed by atoms with Crippen molar-refractivity contribution in [2.24, 2.45) is 5.92 Å². The molecule has 1 N–H and O–H groups in total. The van der Waals surface area contributed by atoms with Crippen LogP contribution >= 0.6 is 15.9 Å². The number of halogens is 2. The molecular weight excluding hydrogens is 281 g/mol. The molecule has 1 aliphatic rings. The zero-order valence-corrected chi connectivity index (χ0v) is 11.8. The molecule has 1 fully saturated rings. The van der Waals surface area contributed by atoms with Crippen molar-refractivity contribution in [1.82, 2.24) is 5.32 Å². The Hall–Kier alpha value is -0.410.